The fourth-order valence-corrected chi connectivity index (χ4v) is 2.73. The Hall–Kier alpha value is -1.88. The maximum Gasteiger partial charge on any atom is 0.348 e. The normalized spacial score (nSPS) is 10.3. The molecule has 2 heterocycles. The monoisotopic (exact) mass is 262 g/mol. The second kappa shape index (κ2) is 5.18. The third-order valence-corrected chi connectivity index (χ3v) is 3.66. The van der Waals surface area contributed by atoms with Crippen LogP contribution in [0.1, 0.15) is 22.2 Å². The highest BCUT2D eigenvalue weighted by Crippen LogP contribution is 2.37. The van der Waals surface area contributed by atoms with Crippen molar-refractivity contribution in [3.8, 4) is 11.3 Å². The first kappa shape index (κ1) is 12.6. The molecule has 2 aromatic rings. The third-order valence-electron chi connectivity index (χ3n) is 2.56. The van der Waals surface area contributed by atoms with Crippen molar-refractivity contribution in [3.63, 3.8) is 0 Å². The SMILES string of the molecule is CCOC(=O)c1sc(N)c(-c2ccccn2)c1C. The molecular formula is C13H14N2O2S. The Kier molecular flexibility index (Phi) is 3.62. The molecule has 0 saturated heterocycles. The number of esters is 1. The largest absolute Gasteiger partial charge is 0.462 e. The van der Waals surface area contributed by atoms with Crippen LogP contribution in [0.2, 0.25) is 0 Å². The van der Waals surface area contributed by atoms with Crippen LogP contribution in [0.25, 0.3) is 11.3 Å². The molecule has 94 valence electrons. The number of rotatable bonds is 3. The van der Waals surface area contributed by atoms with Gasteiger partial charge in [-0.15, -0.1) is 11.3 Å². The number of carbonyl (C=O) groups is 1. The smallest absolute Gasteiger partial charge is 0.348 e. The van der Waals surface area contributed by atoms with Gasteiger partial charge in [-0.25, -0.2) is 4.79 Å². The number of hydrogen-bond donors (Lipinski definition) is 1. The molecule has 2 N–H and O–H groups in total. The van der Waals surface area contributed by atoms with E-state index in [4.69, 9.17) is 10.5 Å². The lowest BCUT2D eigenvalue weighted by atomic mass is 10.1. The zero-order chi connectivity index (χ0) is 13.1. The molecular weight excluding hydrogens is 248 g/mol. The van der Waals surface area contributed by atoms with Crippen LogP contribution in [0, 0.1) is 6.92 Å². The quantitative estimate of drug-likeness (QED) is 0.864. The molecule has 0 aliphatic heterocycles. The Labute approximate surface area is 109 Å². The second-order valence-electron chi connectivity index (χ2n) is 3.73. The maximum absolute atomic E-state index is 11.8. The van der Waals surface area contributed by atoms with E-state index in [1.807, 2.05) is 25.1 Å². The zero-order valence-electron chi connectivity index (χ0n) is 10.3. The fraction of sp³-hybridized carbons (Fsp3) is 0.231. The topological polar surface area (TPSA) is 65.2 Å². The first-order chi connectivity index (χ1) is 8.65. The van der Waals surface area contributed by atoms with E-state index in [1.165, 1.54) is 11.3 Å². The van der Waals surface area contributed by atoms with Crippen molar-refractivity contribution in [1.29, 1.82) is 0 Å². The van der Waals surface area contributed by atoms with Crippen LogP contribution < -0.4 is 5.73 Å². The highest BCUT2D eigenvalue weighted by molar-refractivity contribution is 7.18. The molecule has 0 aliphatic carbocycles. The molecule has 0 bridgehead atoms. The minimum absolute atomic E-state index is 0.325. The van der Waals surface area contributed by atoms with Crippen molar-refractivity contribution in [2.75, 3.05) is 12.3 Å². The molecule has 2 aromatic heterocycles. The fourth-order valence-electron chi connectivity index (χ4n) is 1.76. The molecule has 0 aromatic carbocycles. The highest BCUT2D eigenvalue weighted by Gasteiger charge is 2.20. The highest BCUT2D eigenvalue weighted by atomic mass is 32.1. The van der Waals surface area contributed by atoms with E-state index in [9.17, 15) is 4.79 Å². The molecule has 4 nitrogen and oxygen atoms in total. The summed E-state index contributed by atoms with van der Waals surface area (Å²) >= 11 is 1.25. The lowest BCUT2D eigenvalue weighted by molar-refractivity contribution is 0.0531. The summed E-state index contributed by atoms with van der Waals surface area (Å²) in [5.41, 5.74) is 8.41. The van der Waals surface area contributed by atoms with Crippen LogP contribution in [0.15, 0.2) is 24.4 Å². The molecule has 0 spiro atoms. The summed E-state index contributed by atoms with van der Waals surface area (Å²) < 4.78 is 5.01. The Balaban J connectivity index is 2.48. The minimum atomic E-state index is -0.325. The van der Waals surface area contributed by atoms with E-state index in [1.54, 1.807) is 13.1 Å². The number of nitrogens with zero attached hydrogens (tertiary/aromatic N) is 1. The first-order valence-electron chi connectivity index (χ1n) is 5.62. The average molecular weight is 262 g/mol. The number of thiophene rings is 1. The van der Waals surface area contributed by atoms with Crippen molar-refractivity contribution < 1.29 is 9.53 Å². The molecule has 18 heavy (non-hydrogen) atoms. The summed E-state index contributed by atoms with van der Waals surface area (Å²) in [6.07, 6.45) is 1.70. The molecule has 0 aliphatic rings. The molecule has 0 saturated carbocycles. The van der Waals surface area contributed by atoms with Crippen LogP contribution in [-0.4, -0.2) is 17.6 Å². The minimum Gasteiger partial charge on any atom is -0.462 e. The van der Waals surface area contributed by atoms with Crippen LogP contribution >= 0.6 is 11.3 Å². The standard InChI is InChI=1S/C13H14N2O2S/c1-3-17-13(16)11-8(2)10(12(14)18-11)9-6-4-5-7-15-9/h4-7H,3,14H2,1-2H3. The molecule has 0 fully saturated rings. The van der Waals surface area contributed by atoms with Gasteiger partial charge in [0.1, 0.15) is 4.88 Å². The van der Waals surface area contributed by atoms with E-state index in [0.29, 0.717) is 16.5 Å². The summed E-state index contributed by atoms with van der Waals surface area (Å²) in [6.45, 7) is 4.00. The van der Waals surface area contributed by atoms with Gasteiger partial charge < -0.3 is 10.5 Å². The molecule has 0 amide bonds. The predicted molar refractivity (Wildman–Crippen MR) is 72.7 cm³/mol. The van der Waals surface area contributed by atoms with Crippen LogP contribution in [-0.2, 0) is 4.74 Å². The van der Waals surface area contributed by atoms with Gasteiger partial charge in [-0.05, 0) is 31.5 Å². The molecule has 2 rings (SSSR count). The van der Waals surface area contributed by atoms with E-state index in [-0.39, 0.29) is 5.97 Å². The number of anilines is 1. The van der Waals surface area contributed by atoms with Gasteiger partial charge in [0, 0.05) is 11.8 Å². The number of nitrogens with two attached hydrogens (primary N) is 1. The van der Waals surface area contributed by atoms with Crippen molar-refractivity contribution in [2.24, 2.45) is 0 Å². The van der Waals surface area contributed by atoms with Gasteiger partial charge in [0.25, 0.3) is 0 Å². The van der Waals surface area contributed by atoms with Crippen molar-refractivity contribution in [3.05, 3.63) is 34.8 Å². The van der Waals surface area contributed by atoms with Crippen molar-refractivity contribution in [2.45, 2.75) is 13.8 Å². The van der Waals surface area contributed by atoms with E-state index < -0.39 is 0 Å². The summed E-state index contributed by atoms with van der Waals surface area (Å²) in [6, 6.07) is 5.61. The Morgan fingerprint density at radius 3 is 2.89 bits per heavy atom. The zero-order valence-corrected chi connectivity index (χ0v) is 11.1. The number of hydrogen-bond acceptors (Lipinski definition) is 5. The summed E-state index contributed by atoms with van der Waals surface area (Å²) in [5, 5.41) is 0.592. The van der Waals surface area contributed by atoms with Gasteiger partial charge in [-0.1, -0.05) is 6.07 Å². The third kappa shape index (κ3) is 2.22. The summed E-state index contributed by atoms with van der Waals surface area (Å²) in [7, 11) is 0. The maximum atomic E-state index is 11.8. The average Bonchev–Trinajstić information content (AvgIpc) is 2.66. The van der Waals surface area contributed by atoms with Gasteiger partial charge in [-0.3, -0.25) is 4.98 Å². The lowest BCUT2D eigenvalue weighted by Crippen LogP contribution is -2.03. The number of ether oxygens (including phenoxy) is 1. The van der Waals surface area contributed by atoms with Crippen LogP contribution in [0.4, 0.5) is 5.00 Å². The number of aromatic nitrogens is 1. The van der Waals surface area contributed by atoms with Gasteiger partial charge >= 0.3 is 5.97 Å². The van der Waals surface area contributed by atoms with Gasteiger partial charge in [0.2, 0.25) is 0 Å². The molecule has 0 radical (unpaired) electrons. The number of pyridine rings is 1. The van der Waals surface area contributed by atoms with Crippen molar-refractivity contribution >= 4 is 22.3 Å². The summed E-state index contributed by atoms with van der Waals surface area (Å²) in [5.74, 6) is -0.325. The molecule has 0 atom stereocenters. The van der Waals surface area contributed by atoms with Crippen molar-refractivity contribution in [1.82, 2.24) is 4.98 Å². The first-order valence-corrected chi connectivity index (χ1v) is 6.44. The lowest BCUT2D eigenvalue weighted by Gasteiger charge is -2.02. The number of carbonyl (C=O) groups excluding carboxylic acids is 1. The molecule has 5 heteroatoms. The van der Waals surface area contributed by atoms with Gasteiger partial charge in [-0.2, -0.15) is 0 Å². The number of nitrogen functional groups attached to an aromatic ring is 1. The summed E-state index contributed by atoms with van der Waals surface area (Å²) in [4.78, 5) is 16.6. The Morgan fingerprint density at radius 1 is 1.50 bits per heavy atom. The second-order valence-corrected chi connectivity index (χ2v) is 4.78. The Bertz CT molecular complexity index is 564. The van der Waals surface area contributed by atoms with E-state index in [2.05, 4.69) is 4.98 Å². The van der Waals surface area contributed by atoms with Gasteiger partial charge in [0.15, 0.2) is 0 Å². The van der Waals surface area contributed by atoms with E-state index >= 15 is 0 Å². The van der Waals surface area contributed by atoms with Crippen LogP contribution in [0.3, 0.4) is 0 Å². The predicted octanol–water partition coefficient (Wildman–Crippen LogP) is 2.88. The van der Waals surface area contributed by atoms with E-state index in [0.717, 1.165) is 16.8 Å². The van der Waals surface area contributed by atoms with Crippen LogP contribution in [0.5, 0.6) is 0 Å². The van der Waals surface area contributed by atoms with Gasteiger partial charge in [0.05, 0.1) is 17.3 Å². The molecule has 0 unspecified atom stereocenters. The Morgan fingerprint density at radius 2 is 2.28 bits per heavy atom.